The van der Waals surface area contributed by atoms with E-state index < -0.39 is 41.6 Å². The lowest BCUT2D eigenvalue weighted by Gasteiger charge is -2.22. The van der Waals surface area contributed by atoms with Crippen LogP contribution < -0.4 is 16.4 Å². The largest absolute Gasteiger partial charge is 0.478 e. The van der Waals surface area contributed by atoms with Gasteiger partial charge in [-0.1, -0.05) is 24.3 Å². The first-order valence-electron chi connectivity index (χ1n) is 9.09. The number of carbonyl (C=O) groups is 4. The minimum atomic E-state index is -1.09. The van der Waals surface area contributed by atoms with Gasteiger partial charge < -0.3 is 21.5 Å². The molecule has 2 atom stereocenters. The third kappa shape index (κ3) is 6.69. The van der Waals surface area contributed by atoms with Crippen molar-refractivity contribution in [1.29, 1.82) is 0 Å². The number of carboxylic acid groups (broad SMARTS) is 1. The maximum atomic E-state index is 13.4. The van der Waals surface area contributed by atoms with E-state index in [1.807, 2.05) is 0 Å². The number of carboxylic acids is 1. The number of halogens is 1. The van der Waals surface area contributed by atoms with E-state index in [-0.39, 0.29) is 18.4 Å². The number of nitrogens with one attached hydrogen (secondary N) is 2. The first kappa shape index (κ1) is 22.5. The van der Waals surface area contributed by atoms with E-state index in [1.54, 1.807) is 6.07 Å². The molecule has 158 valence electrons. The fourth-order valence-corrected chi connectivity index (χ4v) is 2.87. The molecule has 0 aliphatic carbocycles. The molecular weight excluding hydrogens is 393 g/mol. The number of benzene rings is 2. The number of primary amides is 1. The Kier molecular flexibility index (Phi) is 7.62. The van der Waals surface area contributed by atoms with Crippen LogP contribution in [0, 0.1) is 5.82 Å². The van der Waals surface area contributed by atoms with Crippen molar-refractivity contribution < 1.29 is 28.7 Å². The molecule has 30 heavy (non-hydrogen) atoms. The highest BCUT2D eigenvalue weighted by Crippen LogP contribution is 2.10. The Morgan fingerprint density at radius 1 is 0.967 bits per heavy atom. The molecule has 9 heteroatoms. The summed E-state index contributed by atoms with van der Waals surface area (Å²) < 4.78 is 13.4. The van der Waals surface area contributed by atoms with Gasteiger partial charge in [-0.3, -0.25) is 14.4 Å². The lowest BCUT2D eigenvalue weighted by atomic mass is 10.0. The maximum absolute atomic E-state index is 13.4. The average Bonchev–Trinajstić information content (AvgIpc) is 2.67. The Morgan fingerprint density at radius 2 is 1.60 bits per heavy atom. The summed E-state index contributed by atoms with van der Waals surface area (Å²) in [5.74, 6) is -3.48. The van der Waals surface area contributed by atoms with Gasteiger partial charge in [0, 0.05) is 19.8 Å². The second-order valence-electron chi connectivity index (χ2n) is 6.76. The first-order valence-corrected chi connectivity index (χ1v) is 9.09. The molecule has 2 aromatic rings. The molecule has 0 spiro atoms. The van der Waals surface area contributed by atoms with Crippen LogP contribution in [0.3, 0.4) is 0 Å². The van der Waals surface area contributed by atoms with Crippen molar-refractivity contribution in [2.75, 3.05) is 0 Å². The van der Waals surface area contributed by atoms with Crippen molar-refractivity contribution in [2.45, 2.75) is 31.8 Å². The van der Waals surface area contributed by atoms with Crippen LogP contribution in [0.5, 0.6) is 0 Å². The van der Waals surface area contributed by atoms with Crippen molar-refractivity contribution in [1.82, 2.24) is 10.6 Å². The molecule has 0 aliphatic rings. The summed E-state index contributed by atoms with van der Waals surface area (Å²) in [6, 6.07) is 9.27. The van der Waals surface area contributed by atoms with Crippen molar-refractivity contribution in [3.05, 3.63) is 71.0 Å². The molecule has 0 heterocycles. The van der Waals surface area contributed by atoms with E-state index in [0.717, 1.165) is 0 Å². The van der Waals surface area contributed by atoms with Gasteiger partial charge in [0.2, 0.25) is 17.7 Å². The highest BCUT2D eigenvalue weighted by molar-refractivity contribution is 5.91. The number of hydrogen-bond donors (Lipinski definition) is 4. The minimum Gasteiger partial charge on any atom is -0.478 e. The Morgan fingerprint density at radius 3 is 2.13 bits per heavy atom. The molecule has 0 unspecified atom stereocenters. The summed E-state index contributed by atoms with van der Waals surface area (Å²) in [5.41, 5.74) is 6.56. The molecule has 0 fully saturated rings. The summed E-state index contributed by atoms with van der Waals surface area (Å²) in [7, 11) is 0. The SMILES string of the molecule is CC(=O)N[C@H](Cc1cccc(F)c1)C(=O)N[C@@H](Cc1ccc(C(=O)O)cc1)C(N)=O. The van der Waals surface area contributed by atoms with Gasteiger partial charge in [0.05, 0.1) is 5.56 Å². The van der Waals surface area contributed by atoms with Gasteiger partial charge in [-0.2, -0.15) is 0 Å². The monoisotopic (exact) mass is 415 g/mol. The Labute approximate surface area is 172 Å². The second-order valence-corrected chi connectivity index (χ2v) is 6.76. The lowest BCUT2D eigenvalue weighted by Crippen LogP contribution is -2.54. The zero-order valence-electron chi connectivity index (χ0n) is 16.2. The van der Waals surface area contributed by atoms with Gasteiger partial charge in [0.1, 0.15) is 17.9 Å². The molecular formula is C21H22FN3O5. The smallest absolute Gasteiger partial charge is 0.335 e. The highest BCUT2D eigenvalue weighted by atomic mass is 19.1. The molecule has 0 saturated heterocycles. The van der Waals surface area contributed by atoms with Crippen molar-refractivity contribution in [3.63, 3.8) is 0 Å². The number of rotatable bonds is 9. The van der Waals surface area contributed by atoms with Crippen molar-refractivity contribution >= 4 is 23.7 Å². The van der Waals surface area contributed by atoms with E-state index >= 15 is 0 Å². The molecule has 0 bridgehead atoms. The Balaban J connectivity index is 2.13. The van der Waals surface area contributed by atoms with E-state index in [4.69, 9.17) is 10.8 Å². The number of aromatic carboxylic acids is 1. The first-order chi connectivity index (χ1) is 14.2. The van der Waals surface area contributed by atoms with Gasteiger partial charge >= 0.3 is 5.97 Å². The van der Waals surface area contributed by atoms with E-state index in [9.17, 15) is 23.6 Å². The van der Waals surface area contributed by atoms with Crippen LogP contribution >= 0.6 is 0 Å². The van der Waals surface area contributed by atoms with Gasteiger partial charge in [0.25, 0.3) is 0 Å². The van der Waals surface area contributed by atoms with Crippen LogP contribution in [-0.4, -0.2) is 40.9 Å². The van der Waals surface area contributed by atoms with Crippen LogP contribution in [0.15, 0.2) is 48.5 Å². The molecule has 2 rings (SSSR count). The summed E-state index contributed by atoms with van der Waals surface area (Å²) in [4.78, 5) is 47.0. The molecule has 8 nitrogen and oxygen atoms in total. The summed E-state index contributed by atoms with van der Waals surface area (Å²) in [6.45, 7) is 1.24. The normalized spacial score (nSPS) is 12.5. The molecule has 5 N–H and O–H groups in total. The van der Waals surface area contributed by atoms with Crippen LogP contribution in [-0.2, 0) is 27.2 Å². The highest BCUT2D eigenvalue weighted by Gasteiger charge is 2.25. The Hall–Kier alpha value is -3.75. The predicted octanol–water partition coefficient (Wildman–Crippen LogP) is 0.784. The molecule has 0 aliphatic heterocycles. The second kappa shape index (κ2) is 10.1. The molecule has 0 saturated carbocycles. The number of hydrogen-bond acceptors (Lipinski definition) is 4. The third-order valence-corrected chi connectivity index (χ3v) is 4.32. The number of amides is 3. The predicted molar refractivity (Wildman–Crippen MR) is 106 cm³/mol. The van der Waals surface area contributed by atoms with Crippen LogP contribution in [0.4, 0.5) is 4.39 Å². The van der Waals surface area contributed by atoms with Crippen LogP contribution in [0.25, 0.3) is 0 Å². The summed E-state index contributed by atoms with van der Waals surface area (Å²) in [6.07, 6.45) is 0.0513. The zero-order valence-corrected chi connectivity index (χ0v) is 16.2. The van der Waals surface area contributed by atoms with Crippen LogP contribution in [0.1, 0.15) is 28.4 Å². The van der Waals surface area contributed by atoms with Gasteiger partial charge in [0.15, 0.2) is 0 Å². The van der Waals surface area contributed by atoms with Gasteiger partial charge in [-0.05, 0) is 35.4 Å². The molecule has 0 radical (unpaired) electrons. The number of nitrogens with two attached hydrogens (primary N) is 1. The maximum Gasteiger partial charge on any atom is 0.335 e. The minimum absolute atomic E-state index is 0.0158. The molecule has 2 aromatic carbocycles. The standard InChI is InChI=1S/C21H22FN3O5/c1-12(26)24-18(11-14-3-2-4-16(22)9-14)20(28)25-17(19(23)27)10-13-5-7-15(8-6-13)21(29)30/h2-9,17-18H,10-11H2,1H3,(H2,23,27)(H,24,26)(H,25,28)(H,29,30)/t17-,18+/m0/s1. The van der Waals surface area contributed by atoms with Crippen LogP contribution in [0.2, 0.25) is 0 Å². The molecule has 0 aromatic heterocycles. The third-order valence-electron chi connectivity index (χ3n) is 4.32. The fourth-order valence-electron chi connectivity index (χ4n) is 2.87. The van der Waals surface area contributed by atoms with E-state index in [1.165, 1.54) is 49.4 Å². The van der Waals surface area contributed by atoms with E-state index in [2.05, 4.69) is 10.6 Å². The number of carbonyl (C=O) groups excluding carboxylic acids is 3. The van der Waals surface area contributed by atoms with E-state index in [0.29, 0.717) is 11.1 Å². The topological polar surface area (TPSA) is 139 Å². The Bertz CT molecular complexity index is 946. The lowest BCUT2D eigenvalue weighted by molar-refractivity contribution is -0.130. The van der Waals surface area contributed by atoms with Crippen molar-refractivity contribution in [3.8, 4) is 0 Å². The van der Waals surface area contributed by atoms with Gasteiger partial charge in [-0.15, -0.1) is 0 Å². The quantitative estimate of drug-likeness (QED) is 0.479. The van der Waals surface area contributed by atoms with Gasteiger partial charge in [-0.25, -0.2) is 9.18 Å². The van der Waals surface area contributed by atoms with Crippen molar-refractivity contribution in [2.24, 2.45) is 5.73 Å². The fraction of sp³-hybridized carbons (Fsp3) is 0.238. The zero-order chi connectivity index (χ0) is 22.3. The summed E-state index contributed by atoms with van der Waals surface area (Å²) in [5, 5.41) is 13.9. The molecule has 3 amide bonds. The average molecular weight is 415 g/mol. The summed E-state index contributed by atoms with van der Waals surface area (Å²) >= 11 is 0.